The van der Waals surface area contributed by atoms with Gasteiger partial charge in [0.25, 0.3) is 0 Å². The molecule has 0 amide bonds. The van der Waals surface area contributed by atoms with Crippen molar-refractivity contribution in [3.8, 4) is 0 Å². The maximum absolute atomic E-state index is 5.82. The summed E-state index contributed by atoms with van der Waals surface area (Å²) >= 11 is 0. The molecule has 0 bridgehead atoms. The number of aromatic nitrogens is 3. The van der Waals surface area contributed by atoms with E-state index in [0.29, 0.717) is 19.8 Å². The molecule has 0 fully saturated rings. The van der Waals surface area contributed by atoms with Gasteiger partial charge in [-0.1, -0.05) is 17.3 Å². The molecule has 0 spiro atoms. The Kier molecular flexibility index (Phi) is 4.64. The fourth-order valence-electron chi connectivity index (χ4n) is 1.93. The smallest absolute Gasteiger partial charge is 0.356 e. The van der Waals surface area contributed by atoms with Gasteiger partial charge in [-0.15, -0.1) is 5.10 Å². The van der Waals surface area contributed by atoms with E-state index < -0.39 is 8.97 Å². The van der Waals surface area contributed by atoms with Gasteiger partial charge in [0, 0.05) is 19.8 Å². The first-order valence-electron chi connectivity index (χ1n) is 6.50. The molecule has 0 unspecified atom stereocenters. The summed E-state index contributed by atoms with van der Waals surface area (Å²) in [5, 5.41) is 8.32. The molecule has 0 atom stereocenters. The normalized spacial score (nSPS) is 12.2. The third-order valence-electron chi connectivity index (χ3n) is 2.59. The van der Waals surface area contributed by atoms with Gasteiger partial charge in [-0.25, -0.2) is 0 Å². The molecule has 19 heavy (non-hydrogen) atoms. The van der Waals surface area contributed by atoms with Crippen molar-refractivity contribution in [1.82, 2.24) is 14.7 Å². The zero-order valence-corrected chi connectivity index (χ0v) is 12.5. The number of hydrogen-bond acceptors (Lipinski definition) is 5. The molecule has 1 aromatic carbocycles. The fraction of sp³-hybridized carbons (Fsp3) is 0.500. The van der Waals surface area contributed by atoms with Crippen LogP contribution in [0.2, 0.25) is 0 Å². The van der Waals surface area contributed by atoms with Crippen molar-refractivity contribution in [2.24, 2.45) is 0 Å². The van der Waals surface area contributed by atoms with Gasteiger partial charge in [0.15, 0.2) is 0 Å². The highest BCUT2D eigenvalue weighted by molar-refractivity contribution is 6.59. The third-order valence-corrected chi connectivity index (χ3v) is 5.40. The van der Waals surface area contributed by atoms with Gasteiger partial charge in [-0.2, -0.15) is 4.35 Å². The van der Waals surface area contributed by atoms with Crippen LogP contribution in [0.15, 0.2) is 24.3 Å². The number of para-hydroxylation sites is 1. The van der Waals surface area contributed by atoms with Crippen molar-refractivity contribution in [3.05, 3.63) is 24.3 Å². The summed E-state index contributed by atoms with van der Waals surface area (Å²) in [4.78, 5) is 0. The number of rotatable bonds is 7. The number of nitrogens with zero attached hydrogens (tertiary/aromatic N) is 3. The van der Waals surface area contributed by atoms with Crippen LogP contribution in [0, 0.1) is 0 Å². The maximum atomic E-state index is 5.82. The number of benzene rings is 1. The third kappa shape index (κ3) is 2.69. The quantitative estimate of drug-likeness (QED) is 0.725. The van der Waals surface area contributed by atoms with Crippen LogP contribution in [0.1, 0.15) is 20.8 Å². The standard InChI is InChI=1S/C12H19N3O3Si/c1-4-16-19(17-5-2,18-6-3)15-12-10-8-7-9-11(12)13-14-15/h7-10H,4-6H2,1-3H3. The second-order valence-corrected chi connectivity index (χ2v) is 6.15. The van der Waals surface area contributed by atoms with Gasteiger partial charge in [0.05, 0.1) is 5.52 Å². The molecule has 1 aromatic heterocycles. The summed E-state index contributed by atoms with van der Waals surface area (Å²) in [6.07, 6.45) is 0. The van der Waals surface area contributed by atoms with Crippen molar-refractivity contribution in [1.29, 1.82) is 0 Å². The van der Waals surface area contributed by atoms with E-state index in [-0.39, 0.29) is 0 Å². The zero-order chi connectivity index (χ0) is 13.7. The molecule has 0 radical (unpaired) electrons. The topological polar surface area (TPSA) is 58.4 Å². The molecule has 2 aromatic rings. The summed E-state index contributed by atoms with van der Waals surface area (Å²) in [6.45, 7) is 7.25. The minimum atomic E-state index is -3.04. The van der Waals surface area contributed by atoms with Crippen LogP contribution in [-0.2, 0) is 13.3 Å². The van der Waals surface area contributed by atoms with Gasteiger partial charge in [0.1, 0.15) is 5.52 Å². The van der Waals surface area contributed by atoms with E-state index >= 15 is 0 Å². The fourth-order valence-corrected chi connectivity index (χ4v) is 4.28. The van der Waals surface area contributed by atoms with Crippen LogP contribution in [0.4, 0.5) is 0 Å². The number of hydrogen-bond donors (Lipinski definition) is 0. The van der Waals surface area contributed by atoms with Crippen LogP contribution in [0.3, 0.4) is 0 Å². The summed E-state index contributed by atoms with van der Waals surface area (Å²) in [6, 6.07) is 7.70. The van der Waals surface area contributed by atoms with Crippen LogP contribution in [0.5, 0.6) is 0 Å². The summed E-state index contributed by atoms with van der Waals surface area (Å²) in [5.41, 5.74) is 1.67. The second-order valence-electron chi connectivity index (χ2n) is 3.81. The van der Waals surface area contributed by atoms with Crippen LogP contribution in [-0.4, -0.2) is 43.4 Å². The average Bonchev–Trinajstić information content (AvgIpc) is 2.84. The summed E-state index contributed by atoms with van der Waals surface area (Å²) in [5.74, 6) is 0. The van der Waals surface area contributed by atoms with E-state index in [1.807, 2.05) is 45.0 Å². The highest BCUT2D eigenvalue weighted by Gasteiger charge is 2.47. The van der Waals surface area contributed by atoms with E-state index in [0.717, 1.165) is 11.0 Å². The highest BCUT2D eigenvalue weighted by Crippen LogP contribution is 2.19. The SMILES string of the molecule is CCO[Si](OCC)(OCC)n1nnc2ccccc21. The predicted molar refractivity (Wildman–Crippen MR) is 73.6 cm³/mol. The summed E-state index contributed by atoms with van der Waals surface area (Å²) < 4.78 is 19.1. The second kappa shape index (κ2) is 6.24. The Balaban J connectivity index is 2.52. The van der Waals surface area contributed by atoms with Crippen LogP contribution < -0.4 is 0 Å². The molecule has 0 saturated carbocycles. The Morgan fingerprint density at radius 2 is 1.58 bits per heavy atom. The lowest BCUT2D eigenvalue weighted by Gasteiger charge is -2.27. The lowest BCUT2D eigenvalue weighted by atomic mass is 10.3. The Morgan fingerprint density at radius 3 is 2.16 bits per heavy atom. The van der Waals surface area contributed by atoms with Crippen molar-refractivity contribution < 1.29 is 13.3 Å². The minimum Gasteiger partial charge on any atom is -0.356 e. The van der Waals surface area contributed by atoms with Crippen molar-refractivity contribution >= 4 is 20.0 Å². The Bertz CT molecular complexity index is 515. The molecule has 104 valence electrons. The molecular formula is C12H19N3O3Si. The van der Waals surface area contributed by atoms with E-state index in [1.165, 1.54) is 0 Å². The maximum Gasteiger partial charge on any atom is 0.656 e. The lowest BCUT2D eigenvalue weighted by molar-refractivity contribution is 0.0586. The molecule has 7 heteroatoms. The molecular weight excluding hydrogens is 262 g/mol. The van der Waals surface area contributed by atoms with Gasteiger partial charge < -0.3 is 13.3 Å². The number of fused-ring (bicyclic) bond motifs is 1. The first-order valence-corrected chi connectivity index (χ1v) is 8.17. The van der Waals surface area contributed by atoms with E-state index in [1.54, 1.807) is 4.35 Å². The van der Waals surface area contributed by atoms with Crippen LogP contribution >= 0.6 is 0 Å². The van der Waals surface area contributed by atoms with Gasteiger partial charge in [-0.05, 0) is 32.9 Å². The monoisotopic (exact) mass is 281 g/mol. The minimum absolute atomic E-state index is 0.500. The van der Waals surface area contributed by atoms with Crippen LogP contribution in [0.25, 0.3) is 11.0 Å². The van der Waals surface area contributed by atoms with Gasteiger partial charge in [0.2, 0.25) is 0 Å². The van der Waals surface area contributed by atoms with E-state index in [9.17, 15) is 0 Å². The van der Waals surface area contributed by atoms with E-state index in [4.69, 9.17) is 13.3 Å². The molecule has 0 aliphatic carbocycles. The molecule has 2 rings (SSSR count). The lowest BCUT2D eigenvalue weighted by Crippen LogP contribution is -2.54. The molecule has 6 nitrogen and oxygen atoms in total. The molecule has 0 aliphatic heterocycles. The Hall–Kier alpha value is -1.28. The van der Waals surface area contributed by atoms with Gasteiger partial charge >= 0.3 is 8.97 Å². The predicted octanol–water partition coefficient (Wildman–Crippen LogP) is 1.82. The zero-order valence-electron chi connectivity index (χ0n) is 11.5. The Morgan fingerprint density at radius 1 is 1.00 bits per heavy atom. The van der Waals surface area contributed by atoms with E-state index in [2.05, 4.69) is 10.3 Å². The van der Waals surface area contributed by atoms with Crippen molar-refractivity contribution in [2.45, 2.75) is 20.8 Å². The Labute approximate surface area is 113 Å². The largest absolute Gasteiger partial charge is 0.656 e. The highest BCUT2D eigenvalue weighted by atomic mass is 28.4. The van der Waals surface area contributed by atoms with Crippen molar-refractivity contribution in [3.63, 3.8) is 0 Å². The average molecular weight is 281 g/mol. The summed E-state index contributed by atoms with van der Waals surface area (Å²) in [7, 11) is -3.04. The van der Waals surface area contributed by atoms with Gasteiger partial charge in [-0.3, -0.25) is 0 Å². The molecule has 1 heterocycles. The first-order chi connectivity index (χ1) is 9.27. The molecule has 0 saturated heterocycles. The van der Waals surface area contributed by atoms with Crippen molar-refractivity contribution in [2.75, 3.05) is 19.8 Å². The molecule has 0 aliphatic rings. The molecule has 0 N–H and O–H groups in total. The first kappa shape index (κ1) is 14.1.